The molecule has 0 saturated carbocycles. The lowest BCUT2D eigenvalue weighted by Crippen LogP contribution is -2.59. The van der Waals surface area contributed by atoms with Crippen LogP contribution in [0.3, 0.4) is 0 Å². The summed E-state index contributed by atoms with van der Waals surface area (Å²) in [7, 11) is -4.36. The van der Waals surface area contributed by atoms with Gasteiger partial charge in [0.1, 0.15) is 5.82 Å². The summed E-state index contributed by atoms with van der Waals surface area (Å²) in [4.78, 5) is 10.1. The minimum atomic E-state index is -4.80. The second kappa shape index (κ2) is 10.2. The molecule has 0 bridgehead atoms. The molecule has 38 heavy (non-hydrogen) atoms. The lowest BCUT2D eigenvalue weighted by Gasteiger charge is -2.45. The van der Waals surface area contributed by atoms with Gasteiger partial charge >= 0.3 is 6.18 Å². The van der Waals surface area contributed by atoms with Crippen LogP contribution < -0.4 is 4.41 Å². The topological polar surface area (TPSA) is 69.6 Å². The molecular weight excluding hydrogens is 522 g/mol. The maximum absolute atomic E-state index is 14.4. The molecule has 0 spiro atoms. The number of alkyl halides is 3. The molecule has 0 radical (unpaired) electrons. The summed E-state index contributed by atoms with van der Waals surface area (Å²) < 4.78 is 85.0. The predicted octanol–water partition coefficient (Wildman–Crippen LogP) is 5.14. The van der Waals surface area contributed by atoms with E-state index in [9.17, 15) is 26.0 Å². The Bertz CT molecular complexity index is 1400. The highest BCUT2D eigenvalue weighted by atomic mass is 32.2. The second-order valence-corrected chi connectivity index (χ2v) is 11.7. The van der Waals surface area contributed by atoms with Crippen LogP contribution in [0.4, 0.5) is 23.4 Å². The first-order valence-electron chi connectivity index (χ1n) is 12.0. The summed E-state index contributed by atoms with van der Waals surface area (Å²) >= 11 is 0. The Morgan fingerprint density at radius 3 is 2.18 bits per heavy atom. The first-order valence-corrected chi connectivity index (χ1v) is 13.4. The van der Waals surface area contributed by atoms with Gasteiger partial charge in [0.05, 0.1) is 5.56 Å². The van der Waals surface area contributed by atoms with Crippen molar-refractivity contribution in [3.05, 3.63) is 71.8 Å². The Morgan fingerprint density at radius 1 is 0.921 bits per heavy atom. The van der Waals surface area contributed by atoms with E-state index in [1.807, 2.05) is 0 Å². The van der Waals surface area contributed by atoms with Crippen LogP contribution >= 0.6 is 0 Å². The van der Waals surface area contributed by atoms with E-state index in [1.165, 1.54) is 37.4 Å². The minimum Gasteiger partial charge on any atom is -0.296 e. The predicted molar refractivity (Wildman–Crippen MR) is 136 cm³/mol. The van der Waals surface area contributed by atoms with Gasteiger partial charge in [-0.2, -0.15) is 26.0 Å². The Labute approximate surface area is 219 Å². The number of nitrogens with zero attached hydrogens (tertiary/aromatic N) is 5. The van der Waals surface area contributed by atoms with Gasteiger partial charge < -0.3 is 0 Å². The zero-order chi connectivity index (χ0) is 27.9. The van der Waals surface area contributed by atoms with Crippen molar-refractivity contribution in [1.82, 2.24) is 19.9 Å². The van der Waals surface area contributed by atoms with Crippen LogP contribution in [0.2, 0.25) is 0 Å². The molecule has 1 aromatic carbocycles. The number of pyridine rings is 2. The number of hydrogen-bond donors (Lipinski definition) is 0. The number of hydrazine groups is 1. The Kier molecular flexibility index (Phi) is 7.52. The minimum absolute atomic E-state index is 0.00582. The van der Waals surface area contributed by atoms with Crippen LogP contribution in [-0.4, -0.2) is 60.0 Å². The number of piperazine rings is 1. The summed E-state index contributed by atoms with van der Waals surface area (Å²) in [6.07, 6.45) is -2.88. The standard InChI is InChI=1S/C26H29F4N5O2S/c1-18-19(8-7-9-22(18)27)20-16-23(32-17-21(20)26(28,29)30)35(38(36,37)24-10-5-6-11-31-24)34-14-12-33(13-15-34)25(2,3)4/h5-11,16-17H,12-15H2,1-4H3. The van der Waals surface area contributed by atoms with E-state index in [2.05, 4.69) is 35.6 Å². The monoisotopic (exact) mass is 551 g/mol. The molecule has 0 aliphatic carbocycles. The largest absolute Gasteiger partial charge is 0.418 e. The van der Waals surface area contributed by atoms with Crippen molar-refractivity contribution in [3.8, 4) is 11.1 Å². The number of benzene rings is 1. The zero-order valence-corrected chi connectivity index (χ0v) is 22.3. The van der Waals surface area contributed by atoms with E-state index < -0.39 is 27.6 Å². The average molecular weight is 552 g/mol. The van der Waals surface area contributed by atoms with Crippen molar-refractivity contribution in [3.63, 3.8) is 0 Å². The molecule has 7 nitrogen and oxygen atoms in total. The quantitative estimate of drug-likeness (QED) is 0.410. The molecule has 0 amide bonds. The van der Waals surface area contributed by atoms with Crippen LogP contribution in [0.1, 0.15) is 31.9 Å². The van der Waals surface area contributed by atoms with Crippen molar-refractivity contribution < 1.29 is 26.0 Å². The lowest BCUT2D eigenvalue weighted by molar-refractivity contribution is -0.137. The molecule has 1 aliphatic heterocycles. The number of sulfonamides is 1. The Balaban J connectivity index is 1.89. The highest BCUT2D eigenvalue weighted by molar-refractivity contribution is 7.92. The van der Waals surface area contributed by atoms with Gasteiger partial charge in [-0.1, -0.05) is 18.2 Å². The van der Waals surface area contributed by atoms with Gasteiger partial charge in [-0.05, 0) is 68.7 Å². The van der Waals surface area contributed by atoms with E-state index in [4.69, 9.17) is 0 Å². The highest BCUT2D eigenvalue weighted by Crippen LogP contribution is 2.40. The van der Waals surface area contributed by atoms with Gasteiger partial charge in [0.15, 0.2) is 10.8 Å². The SMILES string of the molecule is Cc1c(F)cccc1-c1cc(N(N2CCN(C(C)(C)C)CC2)S(=O)(=O)c2ccccn2)ncc1C(F)(F)F. The zero-order valence-electron chi connectivity index (χ0n) is 21.5. The van der Waals surface area contributed by atoms with Crippen molar-refractivity contribution in [1.29, 1.82) is 0 Å². The van der Waals surface area contributed by atoms with Crippen molar-refractivity contribution in [2.45, 2.75) is 44.4 Å². The van der Waals surface area contributed by atoms with E-state index in [-0.39, 0.29) is 46.2 Å². The summed E-state index contributed by atoms with van der Waals surface area (Å²) in [6, 6.07) is 9.28. The van der Waals surface area contributed by atoms with Gasteiger partial charge in [0.2, 0.25) is 0 Å². The summed E-state index contributed by atoms with van der Waals surface area (Å²) in [5, 5.41) is 1.27. The van der Waals surface area contributed by atoms with Crippen LogP contribution in [0.15, 0.2) is 59.9 Å². The normalized spacial score (nSPS) is 16.0. The Hall–Kier alpha value is -3.09. The Morgan fingerprint density at radius 2 is 1.61 bits per heavy atom. The summed E-state index contributed by atoms with van der Waals surface area (Å²) in [5.41, 5.74) is -1.61. The van der Waals surface area contributed by atoms with Crippen LogP contribution in [0.5, 0.6) is 0 Å². The van der Waals surface area contributed by atoms with Crippen molar-refractivity contribution in [2.24, 2.45) is 0 Å². The van der Waals surface area contributed by atoms with E-state index in [0.29, 0.717) is 19.3 Å². The second-order valence-electron chi connectivity index (χ2n) is 10.0. The molecule has 0 N–H and O–H groups in total. The molecule has 2 aromatic heterocycles. The third kappa shape index (κ3) is 5.52. The first kappa shape index (κ1) is 27.9. The van der Waals surface area contributed by atoms with Gasteiger partial charge in [-0.15, -0.1) is 0 Å². The average Bonchev–Trinajstić information content (AvgIpc) is 2.85. The maximum Gasteiger partial charge on any atom is 0.418 e. The van der Waals surface area contributed by atoms with E-state index in [1.54, 1.807) is 11.1 Å². The molecule has 4 rings (SSSR count). The van der Waals surface area contributed by atoms with Crippen LogP contribution in [0, 0.1) is 12.7 Å². The third-order valence-electron chi connectivity index (χ3n) is 6.54. The molecule has 204 valence electrons. The molecule has 1 fully saturated rings. The third-order valence-corrected chi connectivity index (χ3v) is 8.18. The molecule has 0 atom stereocenters. The molecule has 3 aromatic rings. The number of anilines is 1. The molecule has 3 heterocycles. The number of rotatable bonds is 5. The van der Waals surface area contributed by atoms with Gasteiger partial charge in [-0.25, -0.2) is 19.4 Å². The fourth-order valence-corrected chi connectivity index (χ4v) is 5.89. The fraction of sp³-hybridized carbons (Fsp3) is 0.385. The summed E-state index contributed by atoms with van der Waals surface area (Å²) in [5.74, 6) is -0.920. The van der Waals surface area contributed by atoms with E-state index in [0.717, 1.165) is 16.5 Å². The fourth-order valence-electron chi connectivity index (χ4n) is 4.45. The first-order chi connectivity index (χ1) is 17.7. The van der Waals surface area contributed by atoms with Gasteiger partial charge in [-0.3, -0.25) is 4.90 Å². The van der Waals surface area contributed by atoms with Gasteiger partial charge in [0.25, 0.3) is 10.0 Å². The van der Waals surface area contributed by atoms with E-state index >= 15 is 0 Å². The summed E-state index contributed by atoms with van der Waals surface area (Å²) in [6.45, 7) is 9.13. The maximum atomic E-state index is 14.4. The number of halogens is 4. The highest BCUT2D eigenvalue weighted by Gasteiger charge is 2.39. The molecule has 0 unspecified atom stereocenters. The molecular formula is C26H29F4N5O2S. The molecule has 1 aliphatic rings. The van der Waals surface area contributed by atoms with Crippen molar-refractivity contribution in [2.75, 3.05) is 30.6 Å². The van der Waals surface area contributed by atoms with Crippen LogP contribution in [0.25, 0.3) is 11.1 Å². The van der Waals surface area contributed by atoms with Gasteiger partial charge in [0, 0.05) is 44.1 Å². The molecule has 1 saturated heterocycles. The van der Waals surface area contributed by atoms with Crippen LogP contribution in [-0.2, 0) is 16.2 Å². The number of aromatic nitrogens is 2. The smallest absolute Gasteiger partial charge is 0.296 e. The van der Waals surface area contributed by atoms with Crippen molar-refractivity contribution >= 4 is 15.8 Å². The lowest BCUT2D eigenvalue weighted by atomic mass is 9.96. The number of hydrogen-bond acceptors (Lipinski definition) is 6. The molecule has 12 heteroatoms.